The number of halogens is 4. The van der Waals surface area contributed by atoms with E-state index in [1.165, 1.54) is 19.2 Å². The first kappa shape index (κ1) is 25.3. The predicted octanol–water partition coefficient (Wildman–Crippen LogP) is 5.28. The van der Waals surface area contributed by atoms with E-state index in [1.54, 1.807) is 19.9 Å². The van der Waals surface area contributed by atoms with Crippen LogP contribution in [0.25, 0.3) is 0 Å². The minimum absolute atomic E-state index is 0.160. The Morgan fingerprint density at radius 1 is 1.15 bits per heavy atom. The average Bonchev–Trinajstić information content (AvgIpc) is 3.46. The molecule has 1 unspecified atom stereocenters. The second-order valence-electron chi connectivity index (χ2n) is 8.82. The van der Waals surface area contributed by atoms with Gasteiger partial charge in [-0.3, -0.25) is 4.72 Å². The summed E-state index contributed by atoms with van der Waals surface area (Å²) in [5, 5.41) is 2.49. The Balaban J connectivity index is 1.68. The predicted molar refractivity (Wildman–Crippen MR) is 129 cm³/mol. The summed E-state index contributed by atoms with van der Waals surface area (Å²) < 4.78 is 88.7. The van der Waals surface area contributed by atoms with Crippen molar-refractivity contribution in [2.24, 2.45) is 0 Å². The van der Waals surface area contributed by atoms with Gasteiger partial charge >= 0.3 is 0 Å². The van der Waals surface area contributed by atoms with Crippen LogP contribution in [-0.4, -0.2) is 38.8 Å². The third kappa shape index (κ3) is 4.95. The van der Waals surface area contributed by atoms with E-state index in [0.29, 0.717) is 16.4 Å². The lowest BCUT2D eigenvalue weighted by atomic mass is 10.2. The molecule has 1 atom stereocenters. The van der Waals surface area contributed by atoms with Crippen LogP contribution in [0.2, 0.25) is 0 Å². The van der Waals surface area contributed by atoms with Crippen LogP contribution in [-0.2, 0) is 19.5 Å². The van der Waals surface area contributed by atoms with Crippen molar-refractivity contribution < 1.29 is 35.8 Å². The zero-order chi connectivity index (χ0) is 24.9. The van der Waals surface area contributed by atoms with Crippen molar-refractivity contribution in [1.29, 1.82) is 0 Å². The molecule has 12 heteroatoms. The number of nitrogens with one attached hydrogen (secondary N) is 2. The maximum Gasteiger partial charge on any atom is 0.238 e. The molecule has 1 aliphatic heterocycles. The zero-order valence-corrected chi connectivity index (χ0v) is 21.7. The molecule has 1 aliphatic carbocycles. The fourth-order valence-corrected chi connectivity index (χ4v) is 6.14. The highest BCUT2D eigenvalue weighted by Crippen LogP contribution is 2.51. The number of benzene rings is 2. The molecule has 0 spiro atoms. The maximum atomic E-state index is 14.9. The van der Waals surface area contributed by atoms with E-state index in [2.05, 4.69) is 10.0 Å². The van der Waals surface area contributed by atoms with Gasteiger partial charge in [-0.25, -0.2) is 21.6 Å². The molecule has 1 saturated carbocycles. The van der Waals surface area contributed by atoms with Crippen molar-refractivity contribution in [3.8, 4) is 5.75 Å². The van der Waals surface area contributed by atoms with Crippen LogP contribution < -0.4 is 14.8 Å². The third-order valence-corrected chi connectivity index (χ3v) is 8.73. The van der Waals surface area contributed by atoms with Gasteiger partial charge in [-0.1, -0.05) is 0 Å². The standard InChI is InChI=1S/C22H24F3IN2O5S/c1-21(2)32-11-13(33-21)10-22(6-7-22)34(29,30)28-19-17(31-3)9-15(24)18(25)20(19)27-16-5-4-12(26)8-14(16)23/h4-5,8-9,13,27-28H,6-7,10-11H2,1-3H3. The van der Waals surface area contributed by atoms with Crippen molar-refractivity contribution in [1.82, 2.24) is 0 Å². The van der Waals surface area contributed by atoms with Gasteiger partial charge in [-0.15, -0.1) is 0 Å². The van der Waals surface area contributed by atoms with Gasteiger partial charge in [-0.05, 0) is 73.9 Å². The quantitative estimate of drug-likeness (QED) is 0.395. The highest BCUT2D eigenvalue weighted by molar-refractivity contribution is 14.1. The molecule has 0 amide bonds. The monoisotopic (exact) mass is 612 g/mol. The van der Waals surface area contributed by atoms with Gasteiger partial charge in [0.2, 0.25) is 10.0 Å². The topological polar surface area (TPSA) is 85.9 Å². The number of methoxy groups -OCH3 is 1. The summed E-state index contributed by atoms with van der Waals surface area (Å²) in [4.78, 5) is 0. The van der Waals surface area contributed by atoms with E-state index in [1.807, 2.05) is 22.6 Å². The lowest BCUT2D eigenvalue weighted by Gasteiger charge is -2.24. The average molecular weight is 612 g/mol. The molecule has 4 rings (SSSR count). The molecule has 0 bridgehead atoms. The highest BCUT2D eigenvalue weighted by Gasteiger charge is 2.57. The van der Waals surface area contributed by atoms with Crippen molar-refractivity contribution in [2.45, 2.75) is 49.7 Å². The Morgan fingerprint density at radius 3 is 2.41 bits per heavy atom. The molecule has 0 aromatic heterocycles. The molecule has 2 aromatic carbocycles. The molecule has 0 radical (unpaired) electrons. The first-order chi connectivity index (χ1) is 15.9. The van der Waals surface area contributed by atoms with Crippen LogP contribution in [0.5, 0.6) is 5.75 Å². The Kier molecular flexibility index (Phi) is 6.72. The highest BCUT2D eigenvalue weighted by atomic mass is 127. The summed E-state index contributed by atoms with van der Waals surface area (Å²) in [5.74, 6) is -4.45. The van der Waals surface area contributed by atoms with Crippen molar-refractivity contribution in [2.75, 3.05) is 23.8 Å². The summed E-state index contributed by atoms with van der Waals surface area (Å²) in [5.41, 5.74) is -1.10. The van der Waals surface area contributed by atoms with Crippen LogP contribution in [0.3, 0.4) is 0 Å². The molecular weight excluding hydrogens is 588 g/mol. The van der Waals surface area contributed by atoms with Crippen LogP contribution in [0, 0.1) is 21.0 Å². The fraction of sp³-hybridized carbons (Fsp3) is 0.455. The molecule has 1 saturated heterocycles. The minimum atomic E-state index is -4.11. The molecule has 34 heavy (non-hydrogen) atoms. The van der Waals surface area contributed by atoms with Gasteiger partial charge in [0.25, 0.3) is 0 Å². The lowest BCUT2D eigenvalue weighted by Crippen LogP contribution is -2.35. The van der Waals surface area contributed by atoms with E-state index in [9.17, 15) is 21.6 Å². The van der Waals surface area contributed by atoms with E-state index < -0.39 is 49.8 Å². The first-order valence-corrected chi connectivity index (χ1v) is 13.0. The zero-order valence-electron chi connectivity index (χ0n) is 18.7. The van der Waals surface area contributed by atoms with E-state index >= 15 is 0 Å². The molecule has 1 heterocycles. The maximum absolute atomic E-state index is 14.9. The van der Waals surface area contributed by atoms with Crippen LogP contribution in [0.15, 0.2) is 24.3 Å². The van der Waals surface area contributed by atoms with Gasteiger partial charge < -0.3 is 19.5 Å². The van der Waals surface area contributed by atoms with Crippen LogP contribution in [0.4, 0.5) is 30.2 Å². The number of rotatable bonds is 8. The van der Waals surface area contributed by atoms with Gasteiger partial charge in [0.05, 0.1) is 30.3 Å². The van der Waals surface area contributed by atoms with Crippen LogP contribution >= 0.6 is 22.6 Å². The largest absolute Gasteiger partial charge is 0.494 e. The van der Waals surface area contributed by atoms with Gasteiger partial charge in [0, 0.05) is 9.64 Å². The van der Waals surface area contributed by atoms with Gasteiger partial charge in [0.1, 0.15) is 22.9 Å². The van der Waals surface area contributed by atoms with E-state index in [0.717, 1.165) is 6.07 Å². The number of hydrogen-bond donors (Lipinski definition) is 2. The smallest absolute Gasteiger partial charge is 0.238 e. The number of hydrogen-bond acceptors (Lipinski definition) is 6. The lowest BCUT2D eigenvalue weighted by molar-refractivity contribution is -0.139. The summed E-state index contributed by atoms with van der Waals surface area (Å²) in [6, 6.07) is 4.84. The summed E-state index contributed by atoms with van der Waals surface area (Å²) in [6.45, 7) is 3.73. The number of anilines is 3. The Morgan fingerprint density at radius 2 is 1.85 bits per heavy atom. The van der Waals surface area contributed by atoms with E-state index in [4.69, 9.17) is 14.2 Å². The summed E-state index contributed by atoms with van der Waals surface area (Å²) in [7, 11) is -2.92. The number of sulfonamides is 1. The molecule has 2 N–H and O–H groups in total. The summed E-state index contributed by atoms with van der Waals surface area (Å²) in [6.07, 6.45) is 0.470. The Bertz CT molecular complexity index is 1220. The SMILES string of the molecule is COc1cc(F)c(F)c(Nc2ccc(I)cc2F)c1NS(=O)(=O)C1(CC2COC(C)(C)O2)CC1. The van der Waals surface area contributed by atoms with E-state index in [-0.39, 0.29) is 30.2 Å². The number of ether oxygens (including phenoxy) is 3. The van der Waals surface area contributed by atoms with Gasteiger partial charge in [0.15, 0.2) is 17.4 Å². The first-order valence-electron chi connectivity index (χ1n) is 10.5. The van der Waals surface area contributed by atoms with Crippen LogP contribution in [0.1, 0.15) is 33.1 Å². The van der Waals surface area contributed by atoms with Crippen molar-refractivity contribution in [3.05, 3.63) is 45.3 Å². The molecule has 2 aliphatic rings. The second kappa shape index (κ2) is 9.03. The molecule has 2 aromatic rings. The summed E-state index contributed by atoms with van der Waals surface area (Å²) >= 11 is 1.91. The minimum Gasteiger partial charge on any atom is -0.494 e. The molecule has 7 nitrogen and oxygen atoms in total. The molecule has 186 valence electrons. The fourth-order valence-electron chi connectivity index (χ4n) is 3.95. The second-order valence-corrected chi connectivity index (χ2v) is 12.1. The molecule has 2 fully saturated rings. The Labute approximate surface area is 209 Å². The Hall–Kier alpha value is -1.77. The van der Waals surface area contributed by atoms with Gasteiger partial charge in [-0.2, -0.15) is 0 Å². The third-order valence-electron chi connectivity index (χ3n) is 5.88. The van der Waals surface area contributed by atoms with Crippen molar-refractivity contribution in [3.63, 3.8) is 0 Å². The van der Waals surface area contributed by atoms with Crippen molar-refractivity contribution >= 4 is 49.7 Å². The molecular formula is C22H24F3IN2O5S. The normalized spacial score (nSPS) is 20.7.